The van der Waals surface area contributed by atoms with E-state index in [9.17, 15) is 9.90 Å². The van der Waals surface area contributed by atoms with Gasteiger partial charge in [0, 0.05) is 10.6 Å². The average molecular weight is 416 g/mol. The molecule has 3 aromatic rings. The van der Waals surface area contributed by atoms with Crippen LogP contribution in [0.1, 0.15) is 19.6 Å². The zero-order valence-electron chi connectivity index (χ0n) is 16.4. The van der Waals surface area contributed by atoms with Crippen molar-refractivity contribution in [3.8, 4) is 22.8 Å². The van der Waals surface area contributed by atoms with Gasteiger partial charge in [-0.25, -0.2) is 0 Å². The zero-order valence-corrected chi connectivity index (χ0v) is 17.1. The van der Waals surface area contributed by atoms with Gasteiger partial charge in [0.05, 0.1) is 12.8 Å². The summed E-state index contributed by atoms with van der Waals surface area (Å²) >= 11 is 5.89. The number of hydrogen-bond acceptors (Lipinski definition) is 5. The van der Waals surface area contributed by atoms with Gasteiger partial charge < -0.3 is 24.3 Å². The standard InChI is InChI=1S/C22H22ClNO5/c1-22(2,29-16-7-5-15(23)6-8-16)21(26)24-18-12-14(4-10-20(18)27-3)19-11-9-17(13-25)28-19/h4-12,25H,13H2,1-3H3,(H,24,26). The first-order chi connectivity index (χ1) is 13.8. The van der Waals surface area contributed by atoms with E-state index in [0.29, 0.717) is 33.7 Å². The number of carbonyl (C=O) groups excluding carboxylic acids is 1. The fourth-order valence-electron chi connectivity index (χ4n) is 2.69. The minimum absolute atomic E-state index is 0.185. The van der Waals surface area contributed by atoms with Crippen LogP contribution in [-0.4, -0.2) is 23.7 Å². The van der Waals surface area contributed by atoms with Gasteiger partial charge in [-0.15, -0.1) is 0 Å². The summed E-state index contributed by atoms with van der Waals surface area (Å²) in [6.45, 7) is 3.16. The lowest BCUT2D eigenvalue weighted by molar-refractivity contribution is -0.128. The molecule has 7 heteroatoms. The number of anilines is 1. The van der Waals surface area contributed by atoms with Crippen molar-refractivity contribution in [3.05, 3.63) is 65.4 Å². The van der Waals surface area contributed by atoms with E-state index in [4.69, 9.17) is 25.5 Å². The van der Waals surface area contributed by atoms with E-state index in [0.717, 1.165) is 5.56 Å². The van der Waals surface area contributed by atoms with Gasteiger partial charge in [-0.05, 0) is 68.4 Å². The Morgan fingerprint density at radius 1 is 1.14 bits per heavy atom. The van der Waals surface area contributed by atoms with Crippen molar-refractivity contribution in [3.63, 3.8) is 0 Å². The number of furan rings is 1. The number of halogens is 1. The van der Waals surface area contributed by atoms with Crippen molar-refractivity contribution >= 4 is 23.2 Å². The maximum atomic E-state index is 12.9. The van der Waals surface area contributed by atoms with Crippen LogP contribution in [0.25, 0.3) is 11.3 Å². The first-order valence-corrected chi connectivity index (χ1v) is 9.34. The molecule has 0 unspecified atom stereocenters. The van der Waals surface area contributed by atoms with Gasteiger partial charge in [0.1, 0.15) is 29.6 Å². The molecule has 152 valence electrons. The zero-order chi connectivity index (χ0) is 21.0. The average Bonchev–Trinajstić information content (AvgIpc) is 3.19. The second kappa shape index (κ2) is 8.59. The molecule has 0 spiro atoms. The topological polar surface area (TPSA) is 80.9 Å². The number of benzene rings is 2. The van der Waals surface area contributed by atoms with Crippen LogP contribution < -0.4 is 14.8 Å². The largest absolute Gasteiger partial charge is 0.495 e. The fraction of sp³-hybridized carbons (Fsp3) is 0.227. The molecule has 2 N–H and O–H groups in total. The Labute approximate surface area is 174 Å². The third-order valence-electron chi connectivity index (χ3n) is 4.28. The van der Waals surface area contributed by atoms with Gasteiger partial charge in [-0.2, -0.15) is 0 Å². The summed E-state index contributed by atoms with van der Waals surface area (Å²) < 4.78 is 16.8. The number of aliphatic hydroxyl groups is 1. The molecule has 0 atom stereocenters. The maximum absolute atomic E-state index is 12.9. The number of hydrogen-bond donors (Lipinski definition) is 2. The van der Waals surface area contributed by atoms with E-state index in [-0.39, 0.29) is 12.5 Å². The van der Waals surface area contributed by atoms with Crippen molar-refractivity contribution in [1.29, 1.82) is 0 Å². The van der Waals surface area contributed by atoms with E-state index in [2.05, 4.69) is 5.32 Å². The summed E-state index contributed by atoms with van der Waals surface area (Å²) in [6, 6.07) is 15.5. The van der Waals surface area contributed by atoms with Gasteiger partial charge in [-0.3, -0.25) is 4.79 Å². The van der Waals surface area contributed by atoms with Crippen LogP contribution >= 0.6 is 11.6 Å². The lowest BCUT2D eigenvalue weighted by Gasteiger charge is -2.26. The number of methoxy groups -OCH3 is 1. The van der Waals surface area contributed by atoms with E-state index in [1.54, 1.807) is 62.4 Å². The third kappa shape index (κ3) is 4.91. The van der Waals surface area contributed by atoms with E-state index in [1.165, 1.54) is 7.11 Å². The van der Waals surface area contributed by atoms with Crippen LogP contribution in [0.3, 0.4) is 0 Å². The van der Waals surface area contributed by atoms with Gasteiger partial charge in [0.25, 0.3) is 5.91 Å². The summed E-state index contributed by atoms with van der Waals surface area (Å²) in [4.78, 5) is 12.9. The number of nitrogens with one attached hydrogen (secondary N) is 1. The number of rotatable bonds is 7. The fourth-order valence-corrected chi connectivity index (χ4v) is 2.82. The first-order valence-electron chi connectivity index (χ1n) is 8.96. The molecule has 3 rings (SSSR count). The molecule has 29 heavy (non-hydrogen) atoms. The summed E-state index contributed by atoms with van der Waals surface area (Å²) in [6.07, 6.45) is 0. The Morgan fingerprint density at radius 2 is 1.86 bits per heavy atom. The molecule has 0 radical (unpaired) electrons. The van der Waals surface area contributed by atoms with Crippen molar-refractivity contribution in [1.82, 2.24) is 0 Å². The second-order valence-corrected chi connectivity index (χ2v) is 7.30. The Kier molecular flexibility index (Phi) is 6.15. The molecular formula is C22H22ClNO5. The third-order valence-corrected chi connectivity index (χ3v) is 4.54. The SMILES string of the molecule is COc1ccc(-c2ccc(CO)o2)cc1NC(=O)C(C)(C)Oc1ccc(Cl)cc1. The molecule has 1 heterocycles. The minimum Gasteiger partial charge on any atom is -0.495 e. The Balaban J connectivity index is 1.82. The molecule has 0 bridgehead atoms. The van der Waals surface area contributed by atoms with Gasteiger partial charge in [-0.1, -0.05) is 11.6 Å². The highest BCUT2D eigenvalue weighted by Crippen LogP contribution is 2.32. The summed E-state index contributed by atoms with van der Waals surface area (Å²) in [5.41, 5.74) is 0.0609. The lowest BCUT2D eigenvalue weighted by Crippen LogP contribution is -2.42. The van der Waals surface area contributed by atoms with Gasteiger partial charge >= 0.3 is 0 Å². The van der Waals surface area contributed by atoms with Crippen molar-refractivity contribution in [2.24, 2.45) is 0 Å². The molecular weight excluding hydrogens is 394 g/mol. The molecule has 0 aliphatic rings. The molecule has 1 amide bonds. The van der Waals surface area contributed by atoms with Crippen LogP contribution in [-0.2, 0) is 11.4 Å². The van der Waals surface area contributed by atoms with E-state index >= 15 is 0 Å². The van der Waals surface area contributed by atoms with Crippen LogP contribution in [0.2, 0.25) is 5.02 Å². The molecule has 0 saturated heterocycles. The smallest absolute Gasteiger partial charge is 0.268 e. The number of amides is 1. The number of carbonyl (C=O) groups is 1. The summed E-state index contributed by atoms with van der Waals surface area (Å²) in [5, 5.41) is 12.6. The quantitative estimate of drug-likeness (QED) is 0.573. The predicted molar refractivity (Wildman–Crippen MR) is 111 cm³/mol. The molecule has 2 aromatic carbocycles. The maximum Gasteiger partial charge on any atom is 0.268 e. The minimum atomic E-state index is -1.15. The van der Waals surface area contributed by atoms with E-state index in [1.807, 2.05) is 6.07 Å². The Bertz CT molecular complexity index is 995. The van der Waals surface area contributed by atoms with Crippen molar-refractivity contribution in [2.75, 3.05) is 12.4 Å². The summed E-state index contributed by atoms with van der Waals surface area (Å²) in [5.74, 6) is 1.71. The van der Waals surface area contributed by atoms with Crippen LogP contribution in [0.5, 0.6) is 11.5 Å². The van der Waals surface area contributed by atoms with Crippen LogP contribution in [0, 0.1) is 0 Å². The highest BCUT2D eigenvalue weighted by Gasteiger charge is 2.31. The molecule has 0 saturated carbocycles. The molecule has 1 aromatic heterocycles. The summed E-state index contributed by atoms with van der Waals surface area (Å²) in [7, 11) is 1.52. The Hall–Kier alpha value is -2.96. The normalized spacial score (nSPS) is 11.2. The molecule has 0 aliphatic carbocycles. The Morgan fingerprint density at radius 3 is 2.48 bits per heavy atom. The molecule has 6 nitrogen and oxygen atoms in total. The van der Waals surface area contributed by atoms with Crippen molar-refractivity contribution < 1.29 is 23.8 Å². The van der Waals surface area contributed by atoms with Crippen LogP contribution in [0.15, 0.2) is 59.0 Å². The monoisotopic (exact) mass is 415 g/mol. The molecule has 0 fully saturated rings. The van der Waals surface area contributed by atoms with E-state index < -0.39 is 5.60 Å². The highest BCUT2D eigenvalue weighted by atomic mass is 35.5. The lowest BCUT2D eigenvalue weighted by atomic mass is 10.1. The second-order valence-electron chi connectivity index (χ2n) is 6.86. The van der Waals surface area contributed by atoms with Gasteiger partial charge in [0.15, 0.2) is 5.60 Å². The van der Waals surface area contributed by atoms with Crippen molar-refractivity contribution in [2.45, 2.75) is 26.1 Å². The van der Waals surface area contributed by atoms with Gasteiger partial charge in [0.2, 0.25) is 0 Å². The first kappa shape index (κ1) is 20.8. The number of aliphatic hydroxyl groups excluding tert-OH is 1. The highest BCUT2D eigenvalue weighted by molar-refractivity contribution is 6.30. The molecule has 0 aliphatic heterocycles. The number of ether oxygens (including phenoxy) is 2. The van der Waals surface area contributed by atoms with Crippen LogP contribution in [0.4, 0.5) is 5.69 Å². The predicted octanol–water partition coefficient (Wildman–Crippen LogP) is 4.90.